The predicted octanol–water partition coefficient (Wildman–Crippen LogP) is 4.54. The molecule has 0 saturated heterocycles. The van der Waals surface area contributed by atoms with Gasteiger partial charge in [0, 0.05) is 7.05 Å². The van der Waals surface area contributed by atoms with Gasteiger partial charge in [-0.15, -0.1) is 0 Å². The van der Waals surface area contributed by atoms with Crippen molar-refractivity contribution in [1.82, 2.24) is 14.9 Å². The van der Waals surface area contributed by atoms with Gasteiger partial charge in [-0.1, -0.05) is 66.2 Å². The molecule has 0 aliphatic heterocycles. The summed E-state index contributed by atoms with van der Waals surface area (Å²) in [5, 5.41) is 6.78. The smallest absolute Gasteiger partial charge is 0.240 e. The molecule has 4 aromatic rings. The van der Waals surface area contributed by atoms with E-state index in [1.807, 2.05) is 84.4 Å². The van der Waals surface area contributed by atoms with Crippen molar-refractivity contribution in [2.45, 2.75) is 6.04 Å². The number of aryl methyl sites for hydroxylation is 1. The fourth-order valence-electron chi connectivity index (χ4n) is 3.36. The van der Waals surface area contributed by atoms with Crippen molar-refractivity contribution in [2.24, 2.45) is 7.05 Å². The first-order valence-electron chi connectivity index (χ1n) is 9.37. The van der Waals surface area contributed by atoms with Gasteiger partial charge in [0.15, 0.2) is 0 Å². The van der Waals surface area contributed by atoms with Crippen LogP contribution in [-0.2, 0) is 11.8 Å². The van der Waals surface area contributed by atoms with Gasteiger partial charge in [-0.05, 0) is 29.8 Å². The molecule has 4 rings (SSSR count). The van der Waals surface area contributed by atoms with Crippen LogP contribution in [0.5, 0.6) is 0 Å². The van der Waals surface area contributed by atoms with E-state index in [9.17, 15) is 4.79 Å². The molecule has 0 aliphatic rings. The monoisotopic (exact) mass is 404 g/mol. The molecular weight excluding hydrogens is 384 g/mol. The molecule has 2 N–H and O–H groups in total. The molecule has 0 saturated carbocycles. The Balaban J connectivity index is 1.60. The molecule has 3 aromatic carbocycles. The van der Waals surface area contributed by atoms with Gasteiger partial charge in [0.2, 0.25) is 5.91 Å². The highest BCUT2D eigenvalue weighted by atomic mass is 35.5. The van der Waals surface area contributed by atoms with E-state index in [1.165, 1.54) is 0 Å². The third kappa shape index (κ3) is 4.10. The van der Waals surface area contributed by atoms with Crippen molar-refractivity contribution in [3.8, 4) is 0 Å². The zero-order valence-electron chi connectivity index (χ0n) is 16.0. The summed E-state index contributed by atoms with van der Waals surface area (Å²) < 4.78 is 2.02. The summed E-state index contributed by atoms with van der Waals surface area (Å²) in [6, 6.07) is 24.8. The number of nitrogens with zero attached hydrogens (tertiary/aromatic N) is 2. The fraction of sp³-hybridized carbons (Fsp3) is 0.130. The van der Waals surface area contributed by atoms with Crippen molar-refractivity contribution in [1.29, 1.82) is 0 Å². The molecule has 0 aliphatic carbocycles. The van der Waals surface area contributed by atoms with Gasteiger partial charge < -0.3 is 15.2 Å². The Morgan fingerprint density at radius 3 is 2.45 bits per heavy atom. The summed E-state index contributed by atoms with van der Waals surface area (Å²) in [6.45, 7) is 0.108. The first-order chi connectivity index (χ1) is 14.1. The number of hydrogen-bond acceptors (Lipinski definition) is 3. The molecule has 146 valence electrons. The molecule has 1 unspecified atom stereocenters. The molecule has 0 bridgehead atoms. The second-order valence-electron chi connectivity index (χ2n) is 6.76. The average molecular weight is 405 g/mol. The van der Waals surface area contributed by atoms with E-state index in [1.54, 1.807) is 6.07 Å². The second-order valence-corrected chi connectivity index (χ2v) is 7.17. The van der Waals surface area contributed by atoms with E-state index in [4.69, 9.17) is 16.6 Å². The summed E-state index contributed by atoms with van der Waals surface area (Å²) in [7, 11) is 1.97. The minimum atomic E-state index is -0.367. The second kappa shape index (κ2) is 8.37. The van der Waals surface area contributed by atoms with Gasteiger partial charge in [0.25, 0.3) is 0 Å². The number of hydrogen-bond donors (Lipinski definition) is 2. The van der Waals surface area contributed by atoms with Crippen LogP contribution in [0.2, 0.25) is 5.02 Å². The summed E-state index contributed by atoms with van der Waals surface area (Å²) in [6.07, 6.45) is 0. The minimum Gasteiger partial charge on any atom is -0.375 e. The van der Waals surface area contributed by atoms with Crippen LogP contribution in [0.1, 0.15) is 17.4 Å². The lowest BCUT2D eigenvalue weighted by molar-refractivity contribution is -0.119. The van der Waals surface area contributed by atoms with Gasteiger partial charge in [-0.3, -0.25) is 4.79 Å². The highest BCUT2D eigenvalue weighted by Crippen LogP contribution is 2.25. The molecule has 0 fully saturated rings. The largest absolute Gasteiger partial charge is 0.375 e. The van der Waals surface area contributed by atoms with Crippen molar-refractivity contribution in [3.05, 3.63) is 95.3 Å². The maximum absolute atomic E-state index is 12.8. The summed E-state index contributed by atoms with van der Waals surface area (Å²) >= 11 is 6.16. The number of fused-ring (bicyclic) bond motifs is 1. The Hall–Kier alpha value is -3.31. The molecule has 1 amide bonds. The summed E-state index contributed by atoms with van der Waals surface area (Å²) in [5.41, 5.74) is 3.61. The van der Waals surface area contributed by atoms with Gasteiger partial charge >= 0.3 is 0 Å². The first-order valence-corrected chi connectivity index (χ1v) is 9.75. The van der Waals surface area contributed by atoms with E-state index in [0.29, 0.717) is 5.02 Å². The Morgan fingerprint density at radius 1 is 1.00 bits per heavy atom. The van der Waals surface area contributed by atoms with E-state index >= 15 is 0 Å². The Labute approximate surface area is 174 Å². The minimum absolute atomic E-state index is 0.108. The Bertz CT molecular complexity index is 1140. The average Bonchev–Trinajstić information content (AvgIpc) is 3.08. The third-order valence-electron chi connectivity index (χ3n) is 4.83. The molecule has 6 heteroatoms. The van der Waals surface area contributed by atoms with Gasteiger partial charge in [-0.25, -0.2) is 4.98 Å². The number of anilines is 1. The quantitative estimate of drug-likeness (QED) is 0.496. The number of imidazole rings is 1. The number of amides is 1. The molecule has 1 aromatic heterocycles. The molecular formula is C23H21ClN4O. The summed E-state index contributed by atoms with van der Waals surface area (Å²) in [4.78, 5) is 17.5. The van der Waals surface area contributed by atoms with Crippen molar-refractivity contribution < 1.29 is 4.79 Å². The molecule has 29 heavy (non-hydrogen) atoms. The fourth-order valence-corrected chi connectivity index (χ4v) is 3.56. The number of para-hydroxylation sites is 3. The van der Waals surface area contributed by atoms with E-state index in [2.05, 4.69) is 10.6 Å². The van der Waals surface area contributed by atoms with Crippen molar-refractivity contribution in [3.63, 3.8) is 0 Å². The van der Waals surface area contributed by atoms with Gasteiger partial charge in [0.1, 0.15) is 11.9 Å². The highest BCUT2D eigenvalue weighted by molar-refractivity contribution is 6.33. The number of halogens is 1. The maximum atomic E-state index is 12.8. The number of rotatable bonds is 6. The Morgan fingerprint density at radius 2 is 1.69 bits per heavy atom. The van der Waals surface area contributed by atoms with E-state index in [0.717, 1.165) is 28.1 Å². The van der Waals surface area contributed by atoms with Crippen LogP contribution in [0.25, 0.3) is 11.0 Å². The number of benzene rings is 3. The molecule has 1 heterocycles. The lowest BCUT2D eigenvalue weighted by Crippen LogP contribution is -2.35. The number of carbonyl (C=O) groups excluding carboxylic acids is 1. The highest BCUT2D eigenvalue weighted by Gasteiger charge is 2.22. The lowest BCUT2D eigenvalue weighted by Gasteiger charge is -2.20. The van der Waals surface area contributed by atoms with Crippen LogP contribution in [0.4, 0.5) is 5.69 Å². The SMILES string of the molecule is Cn1c(C(NC(=O)CNc2ccccc2Cl)c2ccccc2)nc2ccccc21. The van der Waals surface area contributed by atoms with Crippen LogP contribution >= 0.6 is 11.6 Å². The van der Waals surface area contributed by atoms with Crippen LogP contribution in [0, 0.1) is 0 Å². The number of aromatic nitrogens is 2. The van der Waals surface area contributed by atoms with Crippen LogP contribution in [0.3, 0.4) is 0 Å². The van der Waals surface area contributed by atoms with Crippen molar-refractivity contribution in [2.75, 3.05) is 11.9 Å². The van der Waals surface area contributed by atoms with Crippen molar-refractivity contribution >= 4 is 34.2 Å². The topological polar surface area (TPSA) is 59.0 Å². The molecule has 0 spiro atoms. The summed E-state index contributed by atoms with van der Waals surface area (Å²) in [5.74, 6) is 0.634. The lowest BCUT2D eigenvalue weighted by atomic mass is 10.1. The maximum Gasteiger partial charge on any atom is 0.240 e. The zero-order chi connectivity index (χ0) is 20.2. The van der Waals surface area contributed by atoms with Crippen LogP contribution in [0.15, 0.2) is 78.9 Å². The number of carbonyl (C=O) groups is 1. The standard InChI is InChI=1S/C23H21ClN4O/c1-28-20-14-8-7-13-19(20)26-23(28)22(16-9-3-2-4-10-16)27-21(29)15-25-18-12-6-5-11-17(18)24/h2-14,22,25H,15H2,1H3,(H,27,29). The predicted molar refractivity (Wildman–Crippen MR) is 117 cm³/mol. The van der Waals surface area contributed by atoms with Gasteiger partial charge in [0.05, 0.1) is 28.3 Å². The Kier molecular flexibility index (Phi) is 5.49. The first kappa shape index (κ1) is 19.0. The van der Waals surface area contributed by atoms with E-state index in [-0.39, 0.29) is 18.5 Å². The molecule has 5 nitrogen and oxygen atoms in total. The van der Waals surface area contributed by atoms with E-state index < -0.39 is 0 Å². The van der Waals surface area contributed by atoms with Crippen LogP contribution < -0.4 is 10.6 Å². The van der Waals surface area contributed by atoms with Crippen LogP contribution in [-0.4, -0.2) is 22.0 Å². The molecule has 1 atom stereocenters. The third-order valence-corrected chi connectivity index (χ3v) is 5.16. The van der Waals surface area contributed by atoms with Gasteiger partial charge in [-0.2, -0.15) is 0 Å². The molecule has 0 radical (unpaired) electrons. The number of nitrogens with one attached hydrogen (secondary N) is 2. The zero-order valence-corrected chi connectivity index (χ0v) is 16.7. The normalized spacial score (nSPS) is 11.9.